The quantitative estimate of drug-likeness (QED) is 0.0206. The highest BCUT2D eigenvalue weighted by molar-refractivity contribution is 7.89. The van der Waals surface area contributed by atoms with Crippen LogP contribution in [-0.2, 0) is 48.0 Å². The Hall–Kier alpha value is -6.34. The van der Waals surface area contributed by atoms with Gasteiger partial charge in [-0.05, 0) is 111 Å². The molecular formula is C63H70N5O11PS2. The average molecular weight is 1170 g/mol. The summed E-state index contributed by atoms with van der Waals surface area (Å²) < 4.78 is 94.9. The summed E-state index contributed by atoms with van der Waals surface area (Å²) in [5, 5.41) is 22.0. The van der Waals surface area contributed by atoms with E-state index in [2.05, 4.69) is 39.7 Å². The first-order chi connectivity index (χ1) is 39.4. The minimum atomic E-state index is -4.40. The molecule has 6 aromatic rings. The molecule has 6 atom stereocenters. The molecule has 16 nitrogen and oxygen atoms in total. The predicted molar refractivity (Wildman–Crippen MR) is 315 cm³/mol. The lowest BCUT2D eigenvalue weighted by atomic mass is 9.83. The van der Waals surface area contributed by atoms with Crippen molar-refractivity contribution < 1.29 is 50.0 Å². The van der Waals surface area contributed by atoms with Crippen LogP contribution in [-0.4, -0.2) is 100 Å². The Morgan fingerprint density at radius 2 is 0.988 bits per heavy atom. The van der Waals surface area contributed by atoms with Crippen LogP contribution in [0.5, 0.6) is 0 Å². The number of carbonyl (C=O) groups is 1. The highest BCUT2D eigenvalue weighted by Crippen LogP contribution is 2.53. The molecule has 5 aliphatic rings. The number of fused-ring (bicyclic) bond motifs is 8. The van der Waals surface area contributed by atoms with Crippen LogP contribution in [0.3, 0.4) is 0 Å². The molecular weight excluding hydrogens is 1100 g/mol. The van der Waals surface area contributed by atoms with E-state index in [1.165, 1.54) is 32.9 Å². The maximum atomic E-state index is 15.6. The Bertz CT molecular complexity index is 3450. The van der Waals surface area contributed by atoms with Crippen LogP contribution in [0.4, 0.5) is 0 Å². The van der Waals surface area contributed by atoms with Crippen LogP contribution in [0.25, 0.3) is 22.3 Å². The number of esters is 1. The lowest BCUT2D eigenvalue weighted by Crippen LogP contribution is -2.42. The van der Waals surface area contributed by atoms with E-state index in [4.69, 9.17) is 18.6 Å². The minimum Gasteiger partial charge on any atom is -0.424 e. The standard InChI is InChI=1S/C63H70N5O11PS2/c1-7-43(6)60(66-80(71,78-36-58-50-20-12-8-16-46(50)47-17-9-13-21-51(47)58)79-37-59-52-22-14-10-18-48(52)49-19-11-15-23-53(49)59)63(69)76-38-77-65-62-54-26-24-44(81(72,73)67-32-39(2)28-40(3)33-67)30-56(54)61(64-70)57-31-45(25-27-55(57)62)82(74,75)68-34-41(4)29-42(5)35-68/h8-27,30-31,39-43,58-60,70H,7,28-29,32-38H2,1-6H3,(H,66,71)/t39-,40+,41-,42+,43?,60?. The third-order valence-corrected chi connectivity index (χ3v) is 22.2. The lowest BCUT2D eigenvalue weighted by Gasteiger charge is -2.34. The van der Waals surface area contributed by atoms with E-state index in [0.717, 1.165) is 57.3 Å². The molecule has 2 heterocycles. The molecule has 11 rings (SSSR count). The van der Waals surface area contributed by atoms with Crippen LogP contribution in [0, 0.1) is 29.6 Å². The molecule has 0 aromatic heterocycles. The number of nitrogens with zero attached hydrogens (tertiary/aromatic N) is 4. The second-order valence-corrected chi connectivity index (χ2v) is 28.7. The molecule has 0 spiro atoms. The summed E-state index contributed by atoms with van der Waals surface area (Å²) in [6.07, 6.45) is 2.24. The predicted octanol–water partition coefficient (Wildman–Crippen LogP) is 11.6. The van der Waals surface area contributed by atoms with Crippen molar-refractivity contribution >= 4 is 45.2 Å². The molecule has 2 saturated heterocycles. The van der Waals surface area contributed by atoms with Crippen molar-refractivity contribution in [3.8, 4) is 22.3 Å². The Labute approximate surface area is 481 Å². The molecule has 2 unspecified atom stereocenters. The number of piperidine rings is 2. The van der Waals surface area contributed by atoms with Gasteiger partial charge < -0.3 is 14.8 Å². The Morgan fingerprint density at radius 1 is 0.598 bits per heavy atom. The zero-order chi connectivity index (χ0) is 57.7. The molecule has 6 aromatic carbocycles. The lowest BCUT2D eigenvalue weighted by molar-refractivity contribution is -0.159. The SMILES string of the molecule is CCC(C)C(NP(=O)(OCC1c2ccccc2-c2ccccc21)OCC1c2ccccc2-c2ccccc21)C(=O)OCON=C1c2ccc(S(=O)(=O)N3C[C@H](C)C[C@H](C)C3)cc2C(=NO)c2cc(S(=O)(=O)N3C[C@H](C)C[C@H](C)C3)ccc21. The molecule has 19 heteroatoms. The fourth-order valence-corrected chi connectivity index (χ4v) is 18.0. The first-order valence-electron chi connectivity index (χ1n) is 28.3. The van der Waals surface area contributed by atoms with Crippen LogP contribution in [0.15, 0.2) is 154 Å². The molecule has 3 aliphatic carbocycles. The maximum absolute atomic E-state index is 15.6. The number of nitrogens with one attached hydrogen (secondary N) is 1. The number of ether oxygens (including phenoxy) is 1. The van der Waals surface area contributed by atoms with Crippen molar-refractivity contribution in [2.75, 3.05) is 46.2 Å². The monoisotopic (exact) mass is 1170 g/mol. The number of sulfonamides is 2. The fourth-order valence-electron chi connectivity index (χ4n) is 13.0. The molecule has 430 valence electrons. The Morgan fingerprint density at radius 3 is 1.37 bits per heavy atom. The largest absolute Gasteiger partial charge is 0.424 e. The van der Waals surface area contributed by atoms with Crippen molar-refractivity contribution in [3.63, 3.8) is 0 Å². The van der Waals surface area contributed by atoms with Gasteiger partial charge in [0, 0.05) is 60.3 Å². The first-order valence-corrected chi connectivity index (χ1v) is 32.7. The molecule has 2 aliphatic heterocycles. The number of hydrogen-bond acceptors (Lipinski definition) is 13. The van der Waals surface area contributed by atoms with Crippen molar-refractivity contribution in [3.05, 3.63) is 178 Å². The topological polar surface area (TPSA) is 203 Å². The van der Waals surface area contributed by atoms with Gasteiger partial charge in [-0.1, -0.05) is 167 Å². The van der Waals surface area contributed by atoms with Crippen molar-refractivity contribution in [1.82, 2.24) is 13.7 Å². The zero-order valence-electron chi connectivity index (χ0n) is 47.0. The third kappa shape index (κ3) is 11.0. The molecule has 0 saturated carbocycles. The van der Waals surface area contributed by atoms with Gasteiger partial charge in [0.05, 0.1) is 23.0 Å². The van der Waals surface area contributed by atoms with Gasteiger partial charge in [-0.2, -0.15) is 8.61 Å². The number of benzene rings is 6. The van der Waals surface area contributed by atoms with Gasteiger partial charge in [-0.15, -0.1) is 0 Å². The number of oxime groups is 2. The van der Waals surface area contributed by atoms with E-state index in [1.807, 2.05) is 114 Å². The van der Waals surface area contributed by atoms with Gasteiger partial charge in [-0.25, -0.2) is 26.5 Å². The normalized spacial score (nSPS) is 20.9. The van der Waals surface area contributed by atoms with E-state index >= 15 is 4.57 Å². The molecule has 2 fully saturated rings. The summed E-state index contributed by atoms with van der Waals surface area (Å²) in [5.41, 5.74) is 9.35. The van der Waals surface area contributed by atoms with Crippen LogP contribution < -0.4 is 5.09 Å². The third-order valence-electron chi connectivity index (χ3n) is 17.0. The molecule has 2 N–H and O–H groups in total. The Kier molecular flexibility index (Phi) is 16.4. The molecule has 0 amide bonds. The molecule has 0 bridgehead atoms. The first kappa shape index (κ1) is 57.5. The highest BCUT2D eigenvalue weighted by Gasteiger charge is 2.42. The zero-order valence-corrected chi connectivity index (χ0v) is 49.5. The van der Waals surface area contributed by atoms with E-state index in [-0.39, 0.29) is 81.1 Å². The van der Waals surface area contributed by atoms with Gasteiger partial charge in [0.2, 0.25) is 20.0 Å². The number of hydrogen-bond donors (Lipinski definition) is 2. The minimum absolute atomic E-state index is 0.0289. The van der Waals surface area contributed by atoms with Gasteiger partial charge in [0.1, 0.15) is 17.5 Å². The van der Waals surface area contributed by atoms with Crippen molar-refractivity contribution in [2.24, 2.45) is 39.9 Å². The maximum Gasteiger partial charge on any atom is 0.406 e. The smallest absolute Gasteiger partial charge is 0.406 e. The van der Waals surface area contributed by atoms with E-state index in [9.17, 15) is 26.8 Å². The van der Waals surface area contributed by atoms with Gasteiger partial charge in [-0.3, -0.25) is 13.8 Å². The second kappa shape index (κ2) is 23.4. The van der Waals surface area contributed by atoms with Crippen molar-refractivity contribution in [2.45, 2.75) is 88.5 Å². The van der Waals surface area contributed by atoms with Crippen LogP contribution in [0.2, 0.25) is 0 Å². The van der Waals surface area contributed by atoms with E-state index in [1.54, 1.807) is 12.1 Å². The molecule has 0 radical (unpaired) electrons. The summed E-state index contributed by atoms with van der Waals surface area (Å²) in [7, 11) is -12.5. The summed E-state index contributed by atoms with van der Waals surface area (Å²) in [4.78, 5) is 20.3. The van der Waals surface area contributed by atoms with Crippen LogP contribution in [0.1, 0.15) is 117 Å². The fraction of sp³-hybridized carbons (Fsp3) is 0.381. The summed E-state index contributed by atoms with van der Waals surface area (Å²) in [6.45, 7) is 12.4. The highest BCUT2D eigenvalue weighted by atomic mass is 32.2. The number of rotatable bonds is 18. The van der Waals surface area contributed by atoms with Crippen molar-refractivity contribution in [1.29, 1.82) is 0 Å². The van der Waals surface area contributed by atoms with Gasteiger partial charge >= 0.3 is 13.7 Å². The molecule has 82 heavy (non-hydrogen) atoms. The van der Waals surface area contributed by atoms with Gasteiger partial charge in [0.15, 0.2) is 0 Å². The summed E-state index contributed by atoms with van der Waals surface area (Å²) in [5.74, 6) is -1.31. The second-order valence-electron chi connectivity index (χ2n) is 23.1. The average Bonchev–Trinajstić information content (AvgIpc) is 4.02. The van der Waals surface area contributed by atoms with Gasteiger partial charge in [0.25, 0.3) is 6.79 Å². The van der Waals surface area contributed by atoms with E-state index < -0.39 is 52.5 Å². The van der Waals surface area contributed by atoms with E-state index in [0.29, 0.717) is 43.7 Å². The number of carbonyl (C=O) groups excluding carboxylic acids is 1. The van der Waals surface area contributed by atoms with Crippen LogP contribution >= 0.6 is 7.75 Å². The Balaban J connectivity index is 0.889. The summed E-state index contributed by atoms with van der Waals surface area (Å²) >= 11 is 0. The summed E-state index contributed by atoms with van der Waals surface area (Å²) in [6, 6.07) is 39.9.